The van der Waals surface area contributed by atoms with Crippen molar-refractivity contribution in [2.45, 2.75) is 38.7 Å². The van der Waals surface area contributed by atoms with Gasteiger partial charge >= 0.3 is 0 Å². The fraction of sp³-hybridized carbons (Fsp3) is 0.538. The van der Waals surface area contributed by atoms with Crippen LogP contribution in [0.2, 0.25) is 0 Å². The van der Waals surface area contributed by atoms with Gasteiger partial charge in [-0.3, -0.25) is 4.79 Å². The average Bonchev–Trinajstić information content (AvgIpc) is 2.30. The lowest BCUT2D eigenvalue weighted by atomic mass is 9.89. The Bertz CT molecular complexity index is 347. The molecule has 1 heterocycles. The van der Waals surface area contributed by atoms with E-state index in [1.807, 2.05) is 6.07 Å². The minimum atomic E-state index is 0.313. The highest BCUT2D eigenvalue weighted by Gasteiger charge is 2.20. The van der Waals surface area contributed by atoms with E-state index >= 15 is 0 Å². The van der Waals surface area contributed by atoms with E-state index < -0.39 is 0 Å². The molecule has 0 N–H and O–H groups in total. The number of aromatic nitrogens is 1. The minimum Gasteiger partial charge on any atom is -0.489 e. The third-order valence-electron chi connectivity index (χ3n) is 3.07. The maximum Gasteiger partial charge on any atom is 0.168 e. The van der Waals surface area contributed by atoms with Gasteiger partial charge in [0.25, 0.3) is 0 Å². The van der Waals surface area contributed by atoms with Crippen LogP contribution in [0.5, 0.6) is 5.75 Å². The van der Waals surface area contributed by atoms with Crippen molar-refractivity contribution in [3.05, 3.63) is 24.0 Å². The van der Waals surface area contributed by atoms with Crippen molar-refractivity contribution in [1.29, 1.82) is 0 Å². The van der Waals surface area contributed by atoms with E-state index in [9.17, 15) is 4.79 Å². The SMILES string of the molecule is CC1CCCC(Oc2ccc(C=O)nc2)C1. The zero-order valence-electron chi connectivity index (χ0n) is 9.56. The molecule has 1 aromatic heterocycles. The van der Waals surface area contributed by atoms with E-state index in [0.29, 0.717) is 11.8 Å². The Morgan fingerprint density at radius 2 is 2.31 bits per heavy atom. The van der Waals surface area contributed by atoms with Gasteiger partial charge in [-0.2, -0.15) is 0 Å². The molecular weight excluding hydrogens is 202 g/mol. The molecule has 0 spiro atoms. The summed E-state index contributed by atoms with van der Waals surface area (Å²) in [5, 5.41) is 0. The molecule has 0 saturated heterocycles. The number of carbonyl (C=O) groups excluding carboxylic acids is 1. The van der Waals surface area contributed by atoms with Crippen LogP contribution in [0.1, 0.15) is 43.1 Å². The first-order valence-corrected chi connectivity index (χ1v) is 5.86. The number of aldehydes is 1. The molecule has 0 bridgehead atoms. The Labute approximate surface area is 95.8 Å². The number of nitrogens with zero attached hydrogens (tertiary/aromatic N) is 1. The van der Waals surface area contributed by atoms with Gasteiger partial charge in [-0.25, -0.2) is 4.98 Å². The average molecular weight is 219 g/mol. The van der Waals surface area contributed by atoms with Crippen LogP contribution in [0.3, 0.4) is 0 Å². The normalized spacial score (nSPS) is 25.1. The summed E-state index contributed by atoms with van der Waals surface area (Å²) < 4.78 is 5.85. The first-order valence-electron chi connectivity index (χ1n) is 5.86. The van der Waals surface area contributed by atoms with Crippen LogP contribution in [0.4, 0.5) is 0 Å². The van der Waals surface area contributed by atoms with Crippen molar-refractivity contribution in [2.75, 3.05) is 0 Å². The molecule has 16 heavy (non-hydrogen) atoms. The molecule has 2 rings (SSSR count). The predicted molar refractivity (Wildman–Crippen MR) is 61.7 cm³/mol. The summed E-state index contributed by atoms with van der Waals surface area (Å²) in [6.07, 6.45) is 7.48. The first-order chi connectivity index (χ1) is 7.78. The van der Waals surface area contributed by atoms with E-state index in [-0.39, 0.29) is 0 Å². The smallest absolute Gasteiger partial charge is 0.168 e. The van der Waals surface area contributed by atoms with Crippen LogP contribution in [-0.2, 0) is 0 Å². The molecule has 3 nitrogen and oxygen atoms in total. The van der Waals surface area contributed by atoms with Gasteiger partial charge in [0, 0.05) is 0 Å². The van der Waals surface area contributed by atoms with Crippen LogP contribution >= 0.6 is 0 Å². The van der Waals surface area contributed by atoms with Crippen molar-refractivity contribution in [1.82, 2.24) is 4.98 Å². The highest BCUT2D eigenvalue weighted by Crippen LogP contribution is 2.26. The molecule has 1 aliphatic carbocycles. The number of hydrogen-bond donors (Lipinski definition) is 0. The van der Waals surface area contributed by atoms with Crippen LogP contribution in [0, 0.1) is 5.92 Å². The van der Waals surface area contributed by atoms with E-state index in [1.54, 1.807) is 12.3 Å². The van der Waals surface area contributed by atoms with Crippen LogP contribution < -0.4 is 4.74 Å². The van der Waals surface area contributed by atoms with Gasteiger partial charge in [-0.1, -0.05) is 13.3 Å². The predicted octanol–water partition coefficient (Wildman–Crippen LogP) is 2.85. The quantitative estimate of drug-likeness (QED) is 0.734. The van der Waals surface area contributed by atoms with Gasteiger partial charge in [0.2, 0.25) is 0 Å². The minimum absolute atomic E-state index is 0.313. The summed E-state index contributed by atoms with van der Waals surface area (Å²) >= 11 is 0. The lowest BCUT2D eigenvalue weighted by Crippen LogP contribution is -2.24. The summed E-state index contributed by atoms with van der Waals surface area (Å²) in [5.41, 5.74) is 0.448. The lowest BCUT2D eigenvalue weighted by Gasteiger charge is -2.27. The second kappa shape index (κ2) is 5.10. The van der Waals surface area contributed by atoms with Crippen molar-refractivity contribution in [3.63, 3.8) is 0 Å². The van der Waals surface area contributed by atoms with Crippen LogP contribution in [0.25, 0.3) is 0 Å². The van der Waals surface area contributed by atoms with Gasteiger partial charge in [-0.05, 0) is 37.3 Å². The van der Waals surface area contributed by atoms with Crippen LogP contribution in [0.15, 0.2) is 18.3 Å². The third kappa shape index (κ3) is 2.81. The van der Waals surface area contributed by atoms with Crippen molar-refractivity contribution in [3.8, 4) is 5.75 Å². The molecule has 2 atom stereocenters. The molecule has 2 unspecified atom stereocenters. The van der Waals surface area contributed by atoms with Gasteiger partial charge in [-0.15, -0.1) is 0 Å². The number of hydrogen-bond acceptors (Lipinski definition) is 3. The number of carbonyl (C=O) groups is 1. The molecule has 1 saturated carbocycles. The molecular formula is C13H17NO2. The summed E-state index contributed by atoms with van der Waals surface area (Å²) in [4.78, 5) is 14.4. The lowest BCUT2D eigenvalue weighted by molar-refractivity contribution is 0.111. The van der Waals surface area contributed by atoms with Gasteiger partial charge in [0.1, 0.15) is 11.4 Å². The molecule has 0 amide bonds. The molecule has 3 heteroatoms. The maximum atomic E-state index is 10.4. The first kappa shape index (κ1) is 11.1. The number of pyridine rings is 1. The topological polar surface area (TPSA) is 39.2 Å². The highest BCUT2D eigenvalue weighted by atomic mass is 16.5. The van der Waals surface area contributed by atoms with Crippen molar-refractivity contribution < 1.29 is 9.53 Å². The third-order valence-corrected chi connectivity index (χ3v) is 3.07. The van der Waals surface area contributed by atoms with E-state index in [1.165, 1.54) is 12.8 Å². The van der Waals surface area contributed by atoms with Crippen molar-refractivity contribution >= 4 is 6.29 Å². The van der Waals surface area contributed by atoms with Gasteiger partial charge in [0.05, 0.1) is 12.3 Å². The second-order valence-corrected chi connectivity index (χ2v) is 4.55. The molecule has 1 fully saturated rings. The largest absolute Gasteiger partial charge is 0.489 e. The summed E-state index contributed by atoms with van der Waals surface area (Å²) in [6.45, 7) is 2.27. The Morgan fingerprint density at radius 3 is 2.94 bits per heavy atom. The zero-order chi connectivity index (χ0) is 11.4. The van der Waals surface area contributed by atoms with Crippen LogP contribution in [-0.4, -0.2) is 17.4 Å². The van der Waals surface area contributed by atoms with Crippen molar-refractivity contribution in [2.24, 2.45) is 5.92 Å². The number of ether oxygens (including phenoxy) is 1. The molecule has 86 valence electrons. The molecule has 0 aliphatic heterocycles. The second-order valence-electron chi connectivity index (χ2n) is 4.55. The molecule has 0 radical (unpaired) electrons. The van der Waals surface area contributed by atoms with E-state index in [0.717, 1.165) is 30.8 Å². The Kier molecular flexibility index (Phi) is 3.54. The Morgan fingerprint density at radius 1 is 1.44 bits per heavy atom. The van der Waals surface area contributed by atoms with E-state index in [2.05, 4.69) is 11.9 Å². The summed E-state index contributed by atoms with van der Waals surface area (Å²) in [6, 6.07) is 3.50. The fourth-order valence-electron chi connectivity index (χ4n) is 2.21. The zero-order valence-corrected chi connectivity index (χ0v) is 9.56. The van der Waals surface area contributed by atoms with E-state index in [4.69, 9.17) is 4.74 Å². The Hall–Kier alpha value is -1.38. The number of rotatable bonds is 3. The van der Waals surface area contributed by atoms with Gasteiger partial charge < -0.3 is 4.74 Å². The Balaban J connectivity index is 1.94. The maximum absolute atomic E-state index is 10.4. The molecule has 1 aliphatic rings. The molecule has 0 aromatic carbocycles. The standard InChI is InChI=1S/C13H17NO2/c1-10-3-2-4-12(7-10)16-13-6-5-11(9-15)14-8-13/h5-6,8-10,12H,2-4,7H2,1H3. The summed E-state index contributed by atoms with van der Waals surface area (Å²) in [7, 11) is 0. The summed E-state index contributed by atoms with van der Waals surface area (Å²) in [5.74, 6) is 1.52. The van der Waals surface area contributed by atoms with Gasteiger partial charge in [0.15, 0.2) is 6.29 Å². The monoisotopic (exact) mass is 219 g/mol. The fourth-order valence-corrected chi connectivity index (χ4v) is 2.21. The highest BCUT2D eigenvalue weighted by molar-refractivity contribution is 5.71. The molecule has 1 aromatic rings.